The lowest BCUT2D eigenvalue weighted by molar-refractivity contribution is -0.144. The van der Waals surface area contributed by atoms with Crippen LogP contribution in [0, 0.1) is 5.92 Å². The van der Waals surface area contributed by atoms with Crippen molar-refractivity contribution < 1.29 is 24.2 Å². The molecule has 1 aromatic rings. The predicted molar refractivity (Wildman–Crippen MR) is 141 cm³/mol. The third-order valence-electron chi connectivity index (χ3n) is 7.56. The highest BCUT2D eigenvalue weighted by Crippen LogP contribution is 2.34. The Bertz CT molecular complexity index is 989. The molecule has 3 aliphatic rings. The Balaban J connectivity index is 1.14. The van der Waals surface area contributed by atoms with Gasteiger partial charge in [0.15, 0.2) is 0 Å². The number of amides is 2. The van der Waals surface area contributed by atoms with Crippen LogP contribution in [0.1, 0.15) is 82.6 Å². The molecule has 1 saturated carbocycles. The van der Waals surface area contributed by atoms with Gasteiger partial charge < -0.3 is 19.6 Å². The first-order chi connectivity index (χ1) is 18.0. The summed E-state index contributed by atoms with van der Waals surface area (Å²) in [5.74, 6) is 1.11. The monoisotopic (exact) mass is 512 g/mol. The Morgan fingerprint density at radius 1 is 1.08 bits per heavy atom. The maximum atomic E-state index is 12.7. The fourth-order valence-electron chi connectivity index (χ4n) is 5.54. The summed E-state index contributed by atoms with van der Waals surface area (Å²) in [5.41, 5.74) is 1.79. The van der Waals surface area contributed by atoms with Crippen molar-refractivity contribution >= 4 is 29.4 Å². The Kier molecular flexibility index (Phi) is 9.79. The molecule has 1 aromatic carbocycles. The van der Waals surface area contributed by atoms with Gasteiger partial charge in [0.2, 0.25) is 17.8 Å². The Morgan fingerprint density at radius 3 is 2.73 bits per heavy atom. The molecular formula is C28H40N4O5. The van der Waals surface area contributed by atoms with E-state index in [1.807, 2.05) is 23.1 Å². The van der Waals surface area contributed by atoms with E-state index in [9.17, 15) is 19.5 Å². The first-order valence-corrected chi connectivity index (χ1v) is 13.9. The molecule has 1 saturated heterocycles. The lowest BCUT2D eigenvalue weighted by Crippen LogP contribution is -2.36. The Morgan fingerprint density at radius 2 is 1.92 bits per heavy atom. The van der Waals surface area contributed by atoms with Crippen LogP contribution in [-0.2, 0) is 20.9 Å². The zero-order valence-electron chi connectivity index (χ0n) is 21.8. The van der Waals surface area contributed by atoms with Crippen molar-refractivity contribution in [3.05, 3.63) is 23.8 Å². The number of aliphatic imine (C=N–C) groups is 1. The number of hydrogen-bond donors (Lipinski definition) is 2. The minimum Gasteiger partial charge on any atom is -0.493 e. The van der Waals surface area contributed by atoms with Gasteiger partial charge in [-0.1, -0.05) is 51.0 Å². The van der Waals surface area contributed by atoms with Crippen LogP contribution in [0.15, 0.2) is 23.2 Å². The second kappa shape index (κ2) is 13.4. The van der Waals surface area contributed by atoms with E-state index in [0.717, 1.165) is 48.6 Å². The molecule has 1 aliphatic carbocycles. The van der Waals surface area contributed by atoms with Gasteiger partial charge in [0.1, 0.15) is 18.8 Å². The van der Waals surface area contributed by atoms with Gasteiger partial charge in [-0.2, -0.15) is 0 Å². The molecule has 37 heavy (non-hydrogen) atoms. The van der Waals surface area contributed by atoms with Gasteiger partial charge in [0, 0.05) is 18.5 Å². The number of carboxylic acids is 1. The van der Waals surface area contributed by atoms with Crippen LogP contribution in [0.4, 0.5) is 5.69 Å². The first-order valence-electron chi connectivity index (χ1n) is 13.9. The zero-order chi connectivity index (χ0) is 26.0. The van der Waals surface area contributed by atoms with E-state index in [2.05, 4.69) is 10.3 Å². The maximum Gasteiger partial charge on any atom is 0.323 e. The molecule has 4 rings (SSSR count). The zero-order valence-corrected chi connectivity index (χ0v) is 21.8. The standard InChI is InChI=1S/C28H40N4O5/c33-25-19-32-18-22-23(29-28(32)30-25)13-9-14-24(22)37-17-8-2-5-15-26(34)31(20-27(35)36)16-7-6-12-21-10-3-1-4-11-21/h9,13-14,21H,1-8,10-12,15-20H2,(H,35,36)(H,29,30,33). The van der Waals surface area contributed by atoms with Crippen LogP contribution in [0.25, 0.3) is 0 Å². The van der Waals surface area contributed by atoms with E-state index in [1.165, 1.54) is 43.4 Å². The average molecular weight is 513 g/mol. The van der Waals surface area contributed by atoms with Crippen molar-refractivity contribution in [2.45, 2.75) is 83.6 Å². The number of guanidine groups is 1. The quantitative estimate of drug-likeness (QED) is 0.361. The third kappa shape index (κ3) is 7.94. The first kappa shape index (κ1) is 26.9. The number of nitrogens with one attached hydrogen (secondary N) is 1. The number of carbonyl (C=O) groups excluding carboxylic acids is 2. The molecule has 0 radical (unpaired) electrons. The van der Waals surface area contributed by atoms with E-state index in [-0.39, 0.29) is 18.4 Å². The highest BCUT2D eigenvalue weighted by molar-refractivity contribution is 6.05. The fourth-order valence-corrected chi connectivity index (χ4v) is 5.54. The number of rotatable bonds is 14. The Hall–Kier alpha value is -3.10. The molecule has 0 atom stereocenters. The van der Waals surface area contributed by atoms with E-state index in [0.29, 0.717) is 45.0 Å². The normalized spacial score (nSPS) is 17.0. The minimum absolute atomic E-state index is 0.0510. The van der Waals surface area contributed by atoms with Crippen LogP contribution in [0.2, 0.25) is 0 Å². The van der Waals surface area contributed by atoms with Crippen LogP contribution < -0.4 is 10.1 Å². The summed E-state index contributed by atoms with van der Waals surface area (Å²) >= 11 is 0. The van der Waals surface area contributed by atoms with Gasteiger partial charge in [-0.3, -0.25) is 19.7 Å². The molecule has 2 aliphatic heterocycles. The molecule has 2 heterocycles. The van der Waals surface area contributed by atoms with Crippen molar-refractivity contribution in [3.8, 4) is 5.75 Å². The molecule has 2 amide bonds. The van der Waals surface area contributed by atoms with Crippen LogP contribution in [0.5, 0.6) is 5.75 Å². The van der Waals surface area contributed by atoms with E-state index in [1.54, 1.807) is 0 Å². The summed E-state index contributed by atoms with van der Waals surface area (Å²) < 4.78 is 6.03. The summed E-state index contributed by atoms with van der Waals surface area (Å²) in [7, 11) is 0. The number of fused-ring (bicyclic) bond motifs is 2. The number of benzene rings is 1. The molecular weight excluding hydrogens is 472 g/mol. The number of carbonyl (C=O) groups is 3. The highest BCUT2D eigenvalue weighted by atomic mass is 16.5. The van der Waals surface area contributed by atoms with Gasteiger partial charge in [-0.05, 0) is 43.7 Å². The van der Waals surface area contributed by atoms with Crippen molar-refractivity contribution in [3.63, 3.8) is 0 Å². The largest absolute Gasteiger partial charge is 0.493 e. The maximum absolute atomic E-state index is 12.7. The summed E-state index contributed by atoms with van der Waals surface area (Å²) in [5, 5.41) is 12.0. The number of nitrogens with zero attached hydrogens (tertiary/aromatic N) is 3. The molecule has 202 valence electrons. The summed E-state index contributed by atoms with van der Waals surface area (Å²) in [4.78, 5) is 43.6. The van der Waals surface area contributed by atoms with Crippen molar-refractivity contribution in [2.24, 2.45) is 10.9 Å². The number of carboxylic acid groups (broad SMARTS) is 1. The smallest absolute Gasteiger partial charge is 0.323 e. The number of aliphatic carboxylic acids is 1. The molecule has 0 spiro atoms. The fraction of sp³-hybridized carbons (Fsp3) is 0.643. The van der Waals surface area contributed by atoms with Crippen molar-refractivity contribution in [2.75, 3.05) is 26.2 Å². The van der Waals surface area contributed by atoms with Crippen molar-refractivity contribution in [1.29, 1.82) is 0 Å². The van der Waals surface area contributed by atoms with Gasteiger partial charge in [-0.25, -0.2) is 4.99 Å². The molecule has 2 N–H and O–H groups in total. The predicted octanol–water partition coefficient (Wildman–Crippen LogP) is 4.22. The number of ether oxygens (including phenoxy) is 1. The van der Waals surface area contributed by atoms with Crippen LogP contribution in [0.3, 0.4) is 0 Å². The van der Waals surface area contributed by atoms with Crippen molar-refractivity contribution in [1.82, 2.24) is 15.1 Å². The third-order valence-corrected chi connectivity index (χ3v) is 7.56. The molecule has 9 nitrogen and oxygen atoms in total. The molecule has 9 heteroatoms. The van der Waals surface area contributed by atoms with Gasteiger partial charge in [0.25, 0.3) is 0 Å². The number of unbranched alkanes of at least 4 members (excludes halogenated alkanes) is 3. The molecule has 0 unspecified atom stereocenters. The van der Waals surface area contributed by atoms with E-state index < -0.39 is 5.97 Å². The SMILES string of the molecule is O=C(O)CN(CCCCC1CCCCC1)C(=O)CCCCCOc1cccc2c1CN1CC(=O)NC1=N2. The molecule has 2 fully saturated rings. The molecule has 0 bridgehead atoms. The van der Waals surface area contributed by atoms with E-state index in [4.69, 9.17) is 4.74 Å². The van der Waals surface area contributed by atoms with Gasteiger partial charge in [0.05, 0.1) is 18.8 Å². The Labute approximate surface area is 219 Å². The second-order valence-electron chi connectivity index (χ2n) is 10.5. The topological polar surface area (TPSA) is 112 Å². The minimum atomic E-state index is -0.953. The van der Waals surface area contributed by atoms with E-state index >= 15 is 0 Å². The van der Waals surface area contributed by atoms with Gasteiger partial charge >= 0.3 is 5.97 Å². The second-order valence-corrected chi connectivity index (χ2v) is 10.5. The lowest BCUT2D eigenvalue weighted by atomic mass is 9.86. The van der Waals surface area contributed by atoms with Crippen LogP contribution in [-0.4, -0.2) is 64.9 Å². The highest BCUT2D eigenvalue weighted by Gasteiger charge is 2.30. The lowest BCUT2D eigenvalue weighted by Gasteiger charge is -2.24. The average Bonchev–Trinajstić information content (AvgIpc) is 3.25. The summed E-state index contributed by atoms with van der Waals surface area (Å²) in [6, 6.07) is 5.74. The molecule has 0 aromatic heterocycles. The summed E-state index contributed by atoms with van der Waals surface area (Å²) in [6.45, 7) is 1.73. The summed E-state index contributed by atoms with van der Waals surface area (Å²) in [6.07, 6.45) is 12.5. The van der Waals surface area contributed by atoms with Crippen LogP contribution >= 0.6 is 0 Å². The number of hydrogen-bond acceptors (Lipinski definition) is 6. The van der Waals surface area contributed by atoms with Gasteiger partial charge in [-0.15, -0.1) is 0 Å².